The molecule has 0 aliphatic rings. The topological polar surface area (TPSA) is 46.2 Å². The van der Waals surface area contributed by atoms with Crippen LogP contribution >= 0.6 is 23.2 Å². The molecule has 0 spiro atoms. The molecular formula is C18H21Cl2NO2S. The van der Waals surface area contributed by atoms with Gasteiger partial charge in [-0.2, -0.15) is 0 Å². The molecule has 0 aliphatic carbocycles. The largest absolute Gasteiger partial charge is 0.241 e. The third-order valence-corrected chi connectivity index (χ3v) is 6.25. The highest BCUT2D eigenvalue weighted by Gasteiger charge is 2.20. The Bertz CT molecular complexity index is 804. The van der Waals surface area contributed by atoms with Crippen molar-refractivity contribution in [2.24, 2.45) is 0 Å². The second kappa shape index (κ2) is 7.87. The molecule has 1 N–H and O–H groups in total. The van der Waals surface area contributed by atoms with E-state index in [1.165, 1.54) is 0 Å². The summed E-state index contributed by atoms with van der Waals surface area (Å²) in [6, 6.07) is 11.6. The van der Waals surface area contributed by atoms with Gasteiger partial charge in [0.1, 0.15) is 0 Å². The van der Waals surface area contributed by atoms with E-state index in [0.29, 0.717) is 21.5 Å². The molecule has 0 saturated heterocycles. The zero-order valence-electron chi connectivity index (χ0n) is 13.9. The van der Waals surface area contributed by atoms with Crippen molar-refractivity contribution in [3.8, 4) is 0 Å². The normalized spacial score (nSPS) is 14.4. The number of sulfonamides is 1. The molecular weight excluding hydrogens is 365 g/mol. The molecule has 0 fully saturated rings. The molecule has 0 aromatic heterocycles. The van der Waals surface area contributed by atoms with Crippen molar-refractivity contribution in [1.82, 2.24) is 4.72 Å². The standard InChI is InChI=1S/C18H21Cl2NO2S/c1-4-12(2)14-5-8-16(9-6-14)24(22,23)21-13(3)17-10-7-15(19)11-18(17)20/h5-13,21H,4H2,1-3H3/t12-,13-/m1/s1. The zero-order chi connectivity index (χ0) is 17.9. The van der Waals surface area contributed by atoms with E-state index in [0.717, 1.165) is 12.0 Å². The van der Waals surface area contributed by atoms with E-state index in [1.807, 2.05) is 12.1 Å². The maximum atomic E-state index is 12.6. The van der Waals surface area contributed by atoms with Gasteiger partial charge in [0.05, 0.1) is 4.90 Å². The predicted octanol–water partition coefficient (Wildman–Crippen LogP) is 5.55. The quantitative estimate of drug-likeness (QED) is 0.708. The van der Waals surface area contributed by atoms with Crippen LogP contribution in [0.3, 0.4) is 0 Å². The maximum Gasteiger partial charge on any atom is 0.241 e. The second-order valence-corrected chi connectivity index (χ2v) is 8.44. The monoisotopic (exact) mass is 385 g/mol. The van der Waals surface area contributed by atoms with Crippen molar-refractivity contribution in [1.29, 1.82) is 0 Å². The Balaban J connectivity index is 2.21. The summed E-state index contributed by atoms with van der Waals surface area (Å²) >= 11 is 12.0. The van der Waals surface area contributed by atoms with Crippen LogP contribution in [0.25, 0.3) is 0 Å². The first-order valence-electron chi connectivity index (χ1n) is 7.82. The Kier molecular flexibility index (Phi) is 6.32. The van der Waals surface area contributed by atoms with Crippen LogP contribution in [0.5, 0.6) is 0 Å². The number of hydrogen-bond acceptors (Lipinski definition) is 2. The van der Waals surface area contributed by atoms with Crippen LogP contribution < -0.4 is 4.72 Å². The third-order valence-electron chi connectivity index (χ3n) is 4.13. The van der Waals surface area contributed by atoms with E-state index in [2.05, 4.69) is 18.6 Å². The van der Waals surface area contributed by atoms with Gasteiger partial charge in [-0.15, -0.1) is 0 Å². The van der Waals surface area contributed by atoms with Crippen LogP contribution in [-0.2, 0) is 10.0 Å². The van der Waals surface area contributed by atoms with Gasteiger partial charge in [-0.1, -0.05) is 55.2 Å². The van der Waals surface area contributed by atoms with Crippen molar-refractivity contribution in [3.05, 3.63) is 63.6 Å². The highest BCUT2D eigenvalue weighted by Crippen LogP contribution is 2.27. The molecule has 6 heteroatoms. The van der Waals surface area contributed by atoms with E-state index in [-0.39, 0.29) is 4.90 Å². The minimum absolute atomic E-state index is 0.242. The Morgan fingerprint density at radius 1 is 1.04 bits per heavy atom. The van der Waals surface area contributed by atoms with E-state index in [4.69, 9.17) is 23.2 Å². The molecule has 130 valence electrons. The van der Waals surface area contributed by atoms with Crippen LogP contribution in [-0.4, -0.2) is 8.42 Å². The molecule has 2 aromatic carbocycles. The molecule has 0 bridgehead atoms. The summed E-state index contributed by atoms with van der Waals surface area (Å²) in [7, 11) is -3.63. The average molecular weight is 386 g/mol. The van der Waals surface area contributed by atoms with Crippen molar-refractivity contribution in [3.63, 3.8) is 0 Å². The lowest BCUT2D eigenvalue weighted by Crippen LogP contribution is -2.27. The van der Waals surface area contributed by atoms with Gasteiger partial charge in [0.2, 0.25) is 10.0 Å². The molecule has 0 heterocycles. The molecule has 0 saturated carbocycles. The van der Waals surface area contributed by atoms with E-state index >= 15 is 0 Å². The number of rotatable bonds is 6. The molecule has 0 aliphatic heterocycles. The Labute approximate surface area is 154 Å². The SMILES string of the molecule is CC[C@@H](C)c1ccc(S(=O)(=O)N[C@H](C)c2ccc(Cl)cc2Cl)cc1. The molecule has 2 atom stereocenters. The van der Waals surface area contributed by atoms with Crippen LogP contribution in [0, 0.1) is 0 Å². The first-order valence-corrected chi connectivity index (χ1v) is 10.1. The lowest BCUT2D eigenvalue weighted by Gasteiger charge is -2.17. The van der Waals surface area contributed by atoms with Gasteiger partial charge >= 0.3 is 0 Å². The first-order chi connectivity index (χ1) is 11.2. The Morgan fingerprint density at radius 3 is 2.21 bits per heavy atom. The van der Waals surface area contributed by atoms with E-state index in [1.54, 1.807) is 37.3 Å². The van der Waals surface area contributed by atoms with Crippen LogP contribution in [0.4, 0.5) is 0 Å². The highest BCUT2D eigenvalue weighted by atomic mass is 35.5. The summed E-state index contributed by atoms with van der Waals surface area (Å²) in [5, 5.41) is 0.948. The number of benzene rings is 2. The van der Waals surface area contributed by atoms with Crippen LogP contribution in [0.15, 0.2) is 47.4 Å². The maximum absolute atomic E-state index is 12.6. The molecule has 2 aromatic rings. The molecule has 24 heavy (non-hydrogen) atoms. The number of halogens is 2. The lowest BCUT2D eigenvalue weighted by atomic mass is 9.99. The zero-order valence-corrected chi connectivity index (χ0v) is 16.2. The predicted molar refractivity (Wildman–Crippen MR) is 100 cm³/mol. The average Bonchev–Trinajstić information content (AvgIpc) is 2.53. The fraction of sp³-hybridized carbons (Fsp3) is 0.333. The summed E-state index contributed by atoms with van der Waals surface area (Å²) in [5.41, 5.74) is 1.81. The molecule has 3 nitrogen and oxygen atoms in total. The second-order valence-electron chi connectivity index (χ2n) is 5.89. The summed E-state index contributed by atoms with van der Waals surface area (Å²) in [6.45, 7) is 5.97. The third kappa shape index (κ3) is 4.51. The fourth-order valence-electron chi connectivity index (χ4n) is 2.43. The van der Waals surface area contributed by atoms with Gasteiger partial charge < -0.3 is 0 Å². The fourth-order valence-corrected chi connectivity index (χ4v) is 4.22. The smallest absolute Gasteiger partial charge is 0.207 e. The Hall–Kier alpha value is -1.07. The minimum Gasteiger partial charge on any atom is -0.207 e. The van der Waals surface area contributed by atoms with E-state index < -0.39 is 16.1 Å². The first kappa shape index (κ1) is 19.3. The van der Waals surface area contributed by atoms with Gasteiger partial charge in [0, 0.05) is 16.1 Å². The van der Waals surface area contributed by atoms with Gasteiger partial charge in [0.15, 0.2) is 0 Å². The summed E-state index contributed by atoms with van der Waals surface area (Å²) in [6.07, 6.45) is 1.01. The van der Waals surface area contributed by atoms with Crippen LogP contribution in [0.2, 0.25) is 10.0 Å². The van der Waals surface area contributed by atoms with Crippen molar-refractivity contribution < 1.29 is 8.42 Å². The molecule has 0 amide bonds. The van der Waals surface area contributed by atoms with Crippen molar-refractivity contribution >= 4 is 33.2 Å². The number of hydrogen-bond donors (Lipinski definition) is 1. The summed E-state index contributed by atoms with van der Waals surface area (Å²) < 4.78 is 27.8. The highest BCUT2D eigenvalue weighted by molar-refractivity contribution is 7.89. The molecule has 2 rings (SSSR count). The molecule has 0 radical (unpaired) electrons. The lowest BCUT2D eigenvalue weighted by molar-refractivity contribution is 0.567. The van der Waals surface area contributed by atoms with Crippen molar-refractivity contribution in [2.75, 3.05) is 0 Å². The molecule has 0 unspecified atom stereocenters. The van der Waals surface area contributed by atoms with Gasteiger partial charge in [-0.05, 0) is 54.7 Å². The van der Waals surface area contributed by atoms with Gasteiger partial charge in [-0.25, -0.2) is 13.1 Å². The summed E-state index contributed by atoms with van der Waals surface area (Å²) in [4.78, 5) is 0.242. The summed E-state index contributed by atoms with van der Waals surface area (Å²) in [5.74, 6) is 0.404. The number of nitrogens with one attached hydrogen (secondary N) is 1. The Morgan fingerprint density at radius 2 is 1.67 bits per heavy atom. The van der Waals surface area contributed by atoms with Gasteiger partial charge in [-0.3, -0.25) is 0 Å². The van der Waals surface area contributed by atoms with Gasteiger partial charge in [0.25, 0.3) is 0 Å². The van der Waals surface area contributed by atoms with E-state index in [9.17, 15) is 8.42 Å². The van der Waals surface area contributed by atoms with Crippen LogP contribution in [0.1, 0.15) is 50.3 Å². The minimum atomic E-state index is -3.63. The van der Waals surface area contributed by atoms with Crippen molar-refractivity contribution in [2.45, 2.75) is 44.0 Å².